The maximum absolute atomic E-state index is 6.31. The second-order valence-electron chi connectivity index (χ2n) is 7.64. The molecule has 1 aromatic carbocycles. The van der Waals surface area contributed by atoms with Crippen molar-refractivity contribution < 1.29 is 4.42 Å². The average molecular weight is 457 g/mol. The molecule has 0 bridgehead atoms. The minimum absolute atomic E-state index is 0.395. The van der Waals surface area contributed by atoms with Gasteiger partial charge in [0.2, 0.25) is 0 Å². The van der Waals surface area contributed by atoms with Gasteiger partial charge in [0.05, 0.1) is 0 Å². The summed E-state index contributed by atoms with van der Waals surface area (Å²) in [5.74, 6) is 1.27. The molecule has 1 N–H and O–H groups in total. The van der Waals surface area contributed by atoms with E-state index < -0.39 is 0 Å². The third kappa shape index (κ3) is 8.06. The third-order valence-electron chi connectivity index (χ3n) is 4.82. The van der Waals surface area contributed by atoms with Gasteiger partial charge in [0.25, 0.3) is 0 Å². The fourth-order valence-electron chi connectivity index (χ4n) is 3.06. The average Bonchev–Trinajstić information content (AvgIpc) is 3.22. The van der Waals surface area contributed by atoms with E-state index in [0.717, 1.165) is 58.6 Å². The van der Waals surface area contributed by atoms with Crippen molar-refractivity contribution in [2.75, 3.05) is 19.3 Å². The molecule has 0 unspecified atom stereocenters. The molecule has 3 nitrogen and oxygen atoms in total. The fourth-order valence-corrected chi connectivity index (χ4v) is 4.29. The number of aromatic nitrogens is 1. The Bertz CT molecular complexity index is 875. The first-order valence-corrected chi connectivity index (χ1v) is 13.1. The van der Waals surface area contributed by atoms with E-state index >= 15 is 0 Å². The highest BCUT2D eigenvalue weighted by atomic mass is 32.2. The number of oxazole rings is 1. The summed E-state index contributed by atoms with van der Waals surface area (Å²) in [6.45, 7) is 14.3. The Kier molecular flexibility index (Phi) is 11.3. The van der Waals surface area contributed by atoms with E-state index in [2.05, 4.69) is 75.3 Å². The molecule has 0 atom stereocenters. The van der Waals surface area contributed by atoms with Gasteiger partial charge in [0.1, 0.15) is 5.69 Å². The van der Waals surface area contributed by atoms with E-state index in [-0.39, 0.29) is 0 Å². The summed E-state index contributed by atoms with van der Waals surface area (Å²) in [7, 11) is 0. The number of allylic oxidation sites excluding steroid dienone is 5. The van der Waals surface area contributed by atoms with Crippen molar-refractivity contribution in [1.82, 2.24) is 10.3 Å². The molecule has 1 aliphatic heterocycles. The van der Waals surface area contributed by atoms with Crippen LogP contribution in [0.2, 0.25) is 0 Å². The topological polar surface area (TPSA) is 38.1 Å². The van der Waals surface area contributed by atoms with Crippen LogP contribution in [0.1, 0.15) is 58.8 Å². The molecule has 3 rings (SSSR count). The lowest BCUT2D eigenvalue weighted by atomic mass is 9.98. The molecule has 5 heteroatoms. The van der Waals surface area contributed by atoms with Crippen molar-refractivity contribution in [3.8, 4) is 11.3 Å². The molecule has 31 heavy (non-hydrogen) atoms. The molecule has 0 saturated carbocycles. The van der Waals surface area contributed by atoms with Gasteiger partial charge in [0.15, 0.2) is 11.0 Å². The van der Waals surface area contributed by atoms with Crippen LogP contribution in [0.5, 0.6) is 0 Å². The second-order valence-corrected chi connectivity index (χ2v) is 9.74. The number of piperidine rings is 1. The highest BCUT2D eigenvalue weighted by Gasteiger charge is 2.24. The summed E-state index contributed by atoms with van der Waals surface area (Å²) in [4.78, 5) is 7.36. The Balaban J connectivity index is 0.00000107. The van der Waals surface area contributed by atoms with E-state index in [1.54, 1.807) is 23.5 Å². The maximum Gasteiger partial charge on any atom is 0.199 e. The quantitative estimate of drug-likeness (QED) is 0.337. The summed E-state index contributed by atoms with van der Waals surface area (Å²) in [6, 6.07) is 8.57. The number of nitrogens with one attached hydrogen (secondary N) is 1. The number of thioether (sulfide) groups is 2. The zero-order chi connectivity index (χ0) is 22.6. The molecule has 0 spiro atoms. The molecule has 2 aromatic rings. The van der Waals surface area contributed by atoms with Gasteiger partial charge in [-0.25, -0.2) is 4.98 Å². The van der Waals surface area contributed by atoms with Crippen LogP contribution < -0.4 is 5.32 Å². The van der Waals surface area contributed by atoms with Gasteiger partial charge in [-0.1, -0.05) is 74.5 Å². The molecule has 0 aliphatic carbocycles. The van der Waals surface area contributed by atoms with Crippen molar-refractivity contribution in [3.05, 3.63) is 65.4 Å². The van der Waals surface area contributed by atoms with E-state index in [4.69, 9.17) is 9.40 Å². The predicted molar refractivity (Wildman–Crippen MR) is 138 cm³/mol. The van der Waals surface area contributed by atoms with Crippen LogP contribution in [0, 0.1) is 0 Å². The lowest BCUT2D eigenvalue weighted by Crippen LogP contribution is -2.26. The SMILES string of the molecule is C=C/C(C)=C\C=C(/C)Sc1oc(C2CCNCC2)nc1-c1ccc(SC)cc1.CCC. The van der Waals surface area contributed by atoms with Crippen LogP contribution >= 0.6 is 23.5 Å². The minimum atomic E-state index is 0.395. The van der Waals surface area contributed by atoms with Crippen molar-refractivity contribution in [2.45, 2.75) is 62.9 Å². The van der Waals surface area contributed by atoms with Gasteiger partial charge in [-0.3, -0.25) is 0 Å². The molecule has 1 saturated heterocycles. The minimum Gasteiger partial charge on any atom is -0.433 e. The molecule has 1 aliphatic rings. The zero-order valence-electron chi connectivity index (χ0n) is 19.5. The Morgan fingerprint density at radius 2 is 1.81 bits per heavy atom. The van der Waals surface area contributed by atoms with Crippen molar-refractivity contribution in [2.24, 2.45) is 0 Å². The molecule has 2 heterocycles. The highest BCUT2D eigenvalue weighted by molar-refractivity contribution is 8.03. The number of benzene rings is 1. The Morgan fingerprint density at radius 3 is 2.39 bits per heavy atom. The Labute approximate surface area is 196 Å². The van der Waals surface area contributed by atoms with Crippen LogP contribution in [-0.2, 0) is 0 Å². The van der Waals surface area contributed by atoms with E-state index in [0.29, 0.717) is 5.92 Å². The maximum atomic E-state index is 6.31. The number of hydrogen-bond acceptors (Lipinski definition) is 5. The van der Waals surface area contributed by atoms with Crippen LogP contribution in [0.15, 0.2) is 74.0 Å². The largest absolute Gasteiger partial charge is 0.433 e. The van der Waals surface area contributed by atoms with E-state index in [1.165, 1.54) is 11.3 Å². The van der Waals surface area contributed by atoms with Gasteiger partial charge in [-0.2, -0.15) is 0 Å². The molecule has 1 aromatic heterocycles. The molecule has 1 fully saturated rings. The van der Waals surface area contributed by atoms with Gasteiger partial charge in [0, 0.05) is 16.4 Å². The van der Waals surface area contributed by atoms with Crippen LogP contribution in [-0.4, -0.2) is 24.3 Å². The number of nitrogens with zero attached hydrogens (tertiary/aromatic N) is 1. The first-order valence-electron chi connectivity index (χ1n) is 11.0. The number of rotatable bonds is 7. The molecule has 168 valence electrons. The molecule has 0 amide bonds. The summed E-state index contributed by atoms with van der Waals surface area (Å²) >= 11 is 3.39. The van der Waals surface area contributed by atoms with E-state index in [1.807, 2.05) is 13.0 Å². The van der Waals surface area contributed by atoms with E-state index in [9.17, 15) is 0 Å². The van der Waals surface area contributed by atoms with Gasteiger partial charge < -0.3 is 9.73 Å². The predicted octanol–water partition coefficient (Wildman–Crippen LogP) is 8.08. The Hall–Kier alpha value is -1.69. The lowest BCUT2D eigenvalue weighted by molar-refractivity contribution is 0.345. The van der Waals surface area contributed by atoms with Crippen molar-refractivity contribution in [1.29, 1.82) is 0 Å². The van der Waals surface area contributed by atoms with Crippen LogP contribution in [0.3, 0.4) is 0 Å². The van der Waals surface area contributed by atoms with Crippen molar-refractivity contribution in [3.63, 3.8) is 0 Å². The van der Waals surface area contributed by atoms with Crippen LogP contribution in [0.4, 0.5) is 0 Å². The van der Waals surface area contributed by atoms with Gasteiger partial charge in [-0.15, -0.1) is 11.8 Å². The molecular formula is C26H36N2OS2. The summed E-state index contributed by atoms with van der Waals surface area (Å²) in [6.07, 6.45) is 11.5. The summed E-state index contributed by atoms with van der Waals surface area (Å²) < 4.78 is 6.31. The van der Waals surface area contributed by atoms with Gasteiger partial charge >= 0.3 is 0 Å². The standard InChI is InChI=1S/C23H28N2OS2.C3H8/c1-5-16(2)6-7-17(3)28-23-21(18-8-10-20(27-4)11-9-18)25-22(26-23)19-12-14-24-15-13-19;1-3-2/h5-11,19,24H,1,12-15H2,2-4H3;3H2,1-2H3/b16-6-,17-7+;. The normalized spacial score (nSPS) is 15.4. The summed E-state index contributed by atoms with van der Waals surface area (Å²) in [5, 5.41) is 4.29. The Morgan fingerprint density at radius 1 is 1.16 bits per heavy atom. The van der Waals surface area contributed by atoms with Crippen LogP contribution in [0.25, 0.3) is 11.3 Å². The first-order chi connectivity index (χ1) is 15.0. The third-order valence-corrected chi connectivity index (χ3v) is 6.48. The molecule has 0 radical (unpaired) electrons. The second kappa shape index (κ2) is 13.7. The number of hydrogen-bond donors (Lipinski definition) is 1. The zero-order valence-corrected chi connectivity index (χ0v) is 21.2. The monoisotopic (exact) mass is 456 g/mol. The van der Waals surface area contributed by atoms with Gasteiger partial charge in [-0.05, 0) is 63.1 Å². The van der Waals surface area contributed by atoms with Crippen molar-refractivity contribution >= 4 is 23.5 Å². The smallest absolute Gasteiger partial charge is 0.199 e. The summed E-state index contributed by atoms with van der Waals surface area (Å²) in [5.41, 5.74) is 3.19. The highest BCUT2D eigenvalue weighted by Crippen LogP contribution is 2.39. The first kappa shape index (κ1) is 25.6. The molecular weight excluding hydrogens is 420 g/mol. The fraction of sp³-hybridized carbons (Fsp3) is 0.423. The lowest BCUT2D eigenvalue weighted by Gasteiger charge is -2.19.